The quantitative estimate of drug-likeness (QED) is 0.310. The Morgan fingerprint density at radius 1 is 1.19 bits per heavy atom. The van der Waals surface area contributed by atoms with Gasteiger partial charge in [0.15, 0.2) is 0 Å². The molecule has 0 aromatic carbocycles. The largest absolute Gasteiger partial charge is 0.472 e. The summed E-state index contributed by atoms with van der Waals surface area (Å²) in [5, 5.41) is 16.3. The third kappa shape index (κ3) is 25.0. The summed E-state index contributed by atoms with van der Waals surface area (Å²) in [4.78, 5) is 17.1. The lowest BCUT2D eigenvalue weighted by atomic mass is 9.98. The third-order valence-corrected chi connectivity index (χ3v) is 2.98. The predicted molar refractivity (Wildman–Crippen MR) is 81.3 cm³/mol. The van der Waals surface area contributed by atoms with Crippen LogP contribution in [-0.2, 0) is 18.4 Å². The minimum Gasteiger partial charge on any atom is -0.396 e. The normalized spacial score (nSPS) is 13.4. The van der Waals surface area contributed by atoms with Crippen LogP contribution in [0.15, 0.2) is 0 Å². The summed E-state index contributed by atoms with van der Waals surface area (Å²) in [5.74, 6) is 0.0533. The van der Waals surface area contributed by atoms with E-state index in [9.17, 15) is 4.57 Å². The maximum Gasteiger partial charge on any atom is 0.472 e. The molecule has 2 atom stereocenters. The van der Waals surface area contributed by atoms with E-state index in [1.165, 1.54) is 7.05 Å². The van der Waals surface area contributed by atoms with E-state index in [-0.39, 0.29) is 38.4 Å². The van der Waals surface area contributed by atoms with Crippen molar-refractivity contribution in [3.63, 3.8) is 0 Å². The van der Waals surface area contributed by atoms with Crippen molar-refractivity contribution in [3.8, 4) is 0 Å². The molecule has 10 heteroatoms. The molecule has 0 saturated heterocycles. The van der Waals surface area contributed by atoms with Crippen molar-refractivity contribution in [3.05, 3.63) is 0 Å². The van der Waals surface area contributed by atoms with Gasteiger partial charge in [-0.3, -0.25) is 9.05 Å². The van der Waals surface area contributed by atoms with Crippen molar-refractivity contribution in [2.24, 2.45) is 23.3 Å². The van der Waals surface area contributed by atoms with E-state index in [0.717, 1.165) is 0 Å². The highest BCUT2D eigenvalue weighted by atomic mass is 31.2. The SMILES string of the molecule is C=O.CCOP(=O)(O)OC[C@H](CO)C(C)C.CN.NCO. The summed E-state index contributed by atoms with van der Waals surface area (Å²) in [5.41, 5.74) is 8.90. The van der Waals surface area contributed by atoms with Gasteiger partial charge < -0.3 is 31.4 Å². The fraction of sp³-hybridized carbons (Fsp3) is 0.909. The first-order valence-corrected chi connectivity index (χ1v) is 7.74. The first-order valence-electron chi connectivity index (χ1n) is 6.24. The number of hydrogen-bond acceptors (Lipinski definition) is 8. The van der Waals surface area contributed by atoms with Crippen LogP contribution in [0.3, 0.4) is 0 Å². The average Bonchev–Trinajstić information content (AvgIpc) is 2.44. The summed E-state index contributed by atoms with van der Waals surface area (Å²) in [6, 6.07) is 0. The average molecular weight is 334 g/mol. The molecule has 0 aromatic heterocycles. The smallest absolute Gasteiger partial charge is 0.396 e. The number of nitrogens with two attached hydrogens (primary N) is 2. The number of hydrogen-bond donors (Lipinski definition) is 5. The van der Waals surface area contributed by atoms with Crippen LogP contribution in [0.2, 0.25) is 0 Å². The first-order chi connectivity index (χ1) is 9.84. The number of aliphatic hydroxyl groups is 2. The molecule has 0 aromatic rings. The standard InChI is InChI=1S/C8H19O5P.CH5NO.CH5N.CH2O/c1-4-12-14(10,11)13-6-8(5-9)7(2)3;2-1-3;2*1-2/h7-9H,4-6H2,1-3H3,(H,10,11);3H,1-2H2;2H2,1H3;1H2/t8-;;;/m0.../s1. The van der Waals surface area contributed by atoms with E-state index in [4.69, 9.17) is 24.4 Å². The highest BCUT2D eigenvalue weighted by molar-refractivity contribution is 7.47. The van der Waals surface area contributed by atoms with Gasteiger partial charge in [-0.2, -0.15) is 0 Å². The van der Waals surface area contributed by atoms with Gasteiger partial charge in [0.05, 0.1) is 19.9 Å². The van der Waals surface area contributed by atoms with Crippen LogP contribution < -0.4 is 11.5 Å². The highest BCUT2D eigenvalue weighted by Crippen LogP contribution is 2.43. The summed E-state index contributed by atoms with van der Waals surface area (Å²) in [6.07, 6.45) is 0. The lowest BCUT2D eigenvalue weighted by molar-refractivity contribution is -0.0980. The van der Waals surface area contributed by atoms with E-state index in [1.54, 1.807) is 6.92 Å². The van der Waals surface area contributed by atoms with Gasteiger partial charge in [-0.1, -0.05) is 13.8 Å². The van der Waals surface area contributed by atoms with Crippen LogP contribution in [-0.4, -0.2) is 55.5 Å². The van der Waals surface area contributed by atoms with Gasteiger partial charge >= 0.3 is 7.82 Å². The molecular weight excluding hydrogens is 303 g/mol. The number of carbonyl (C=O) groups is 1. The van der Waals surface area contributed by atoms with Gasteiger partial charge in [0, 0.05) is 12.5 Å². The molecule has 0 rings (SSSR count). The lowest BCUT2D eigenvalue weighted by Gasteiger charge is -2.19. The summed E-state index contributed by atoms with van der Waals surface area (Å²) in [7, 11) is -2.41. The van der Waals surface area contributed by atoms with Gasteiger partial charge in [-0.15, -0.1) is 0 Å². The molecule has 0 aliphatic carbocycles. The monoisotopic (exact) mass is 334 g/mol. The van der Waals surface area contributed by atoms with E-state index in [0.29, 0.717) is 0 Å². The van der Waals surface area contributed by atoms with Gasteiger partial charge in [-0.05, 0) is 19.9 Å². The molecule has 0 saturated carbocycles. The maximum absolute atomic E-state index is 11.1. The molecule has 1 unspecified atom stereocenters. The molecule has 132 valence electrons. The first kappa shape index (κ1) is 28.7. The number of rotatable bonds is 7. The molecule has 0 spiro atoms. The van der Waals surface area contributed by atoms with Crippen LogP contribution in [0.25, 0.3) is 0 Å². The fourth-order valence-corrected chi connectivity index (χ4v) is 1.63. The van der Waals surface area contributed by atoms with Crippen LogP contribution in [0.5, 0.6) is 0 Å². The zero-order valence-corrected chi connectivity index (χ0v) is 14.2. The minimum absolute atomic E-state index is 0.0297. The highest BCUT2D eigenvalue weighted by Gasteiger charge is 2.23. The molecular formula is C11H31N2O7P. The molecule has 0 aliphatic rings. The second-order valence-electron chi connectivity index (χ2n) is 3.55. The molecule has 0 aliphatic heterocycles. The Bertz CT molecular complexity index is 233. The second-order valence-corrected chi connectivity index (χ2v) is 5.00. The van der Waals surface area contributed by atoms with Crippen LogP contribution in [0.1, 0.15) is 20.8 Å². The van der Waals surface area contributed by atoms with Gasteiger partial charge in [0.25, 0.3) is 0 Å². The maximum atomic E-state index is 11.1. The number of carbonyl (C=O) groups excluding carboxylic acids is 1. The summed E-state index contributed by atoms with van der Waals surface area (Å²) < 4.78 is 20.3. The van der Waals surface area contributed by atoms with Gasteiger partial charge in [-0.25, -0.2) is 4.57 Å². The zero-order valence-electron chi connectivity index (χ0n) is 13.3. The van der Waals surface area contributed by atoms with Crippen molar-refractivity contribution < 1.29 is 33.5 Å². The summed E-state index contributed by atoms with van der Waals surface area (Å²) >= 11 is 0. The van der Waals surface area contributed by atoms with E-state index >= 15 is 0 Å². The van der Waals surface area contributed by atoms with Gasteiger partial charge in [0.1, 0.15) is 6.79 Å². The molecule has 7 N–H and O–H groups in total. The van der Waals surface area contributed by atoms with Crippen LogP contribution >= 0.6 is 7.82 Å². The second kappa shape index (κ2) is 21.9. The Morgan fingerprint density at radius 2 is 1.57 bits per heavy atom. The number of aliphatic hydroxyl groups excluding tert-OH is 2. The molecule has 0 amide bonds. The minimum atomic E-state index is -3.91. The Hall–Kier alpha value is -0.380. The van der Waals surface area contributed by atoms with Crippen molar-refractivity contribution in [1.29, 1.82) is 0 Å². The van der Waals surface area contributed by atoms with Crippen molar-refractivity contribution in [2.45, 2.75) is 20.8 Å². The van der Waals surface area contributed by atoms with Gasteiger partial charge in [0.2, 0.25) is 0 Å². The summed E-state index contributed by atoms with van der Waals surface area (Å²) in [6.45, 7) is 7.27. The van der Waals surface area contributed by atoms with Crippen LogP contribution in [0, 0.1) is 11.8 Å². The van der Waals surface area contributed by atoms with Crippen LogP contribution in [0.4, 0.5) is 0 Å². The zero-order chi connectivity index (χ0) is 17.9. The molecule has 0 bridgehead atoms. The Morgan fingerprint density at radius 3 is 1.81 bits per heavy atom. The molecule has 9 nitrogen and oxygen atoms in total. The molecule has 0 heterocycles. The van der Waals surface area contributed by atoms with E-state index in [2.05, 4.69) is 16.0 Å². The van der Waals surface area contributed by atoms with Crippen molar-refractivity contribution >= 4 is 14.6 Å². The Labute approximate surface area is 126 Å². The number of phosphoric acid groups is 1. The molecule has 0 fully saturated rings. The van der Waals surface area contributed by atoms with E-state index < -0.39 is 7.82 Å². The third-order valence-electron chi connectivity index (χ3n) is 1.92. The van der Waals surface area contributed by atoms with E-state index in [1.807, 2.05) is 20.6 Å². The Kier molecular flexibility index (Phi) is 30.0. The number of phosphoric ester groups is 1. The molecule has 0 radical (unpaired) electrons. The predicted octanol–water partition coefficient (Wildman–Crippen LogP) is -0.311. The topological polar surface area (TPSA) is 165 Å². The Balaban J connectivity index is -0.000000176. The lowest BCUT2D eigenvalue weighted by Crippen LogP contribution is -2.19. The molecule has 21 heavy (non-hydrogen) atoms. The van der Waals surface area contributed by atoms with Crippen molar-refractivity contribution in [1.82, 2.24) is 0 Å². The van der Waals surface area contributed by atoms with Crippen molar-refractivity contribution in [2.75, 3.05) is 33.6 Å². The fourth-order valence-electron chi connectivity index (χ4n) is 0.846.